The molecule has 0 aliphatic heterocycles. The van der Waals surface area contributed by atoms with Crippen LogP contribution in [0.2, 0.25) is 0 Å². The molecule has 2 aromatic rings. The number of hydrogen-bond donors (Lipinski definition) is 1. The molecule has 126 valence electrons. The first-order valence-corrected chi connectivity index (χ1v) is 8.32. The van der Waals surface area contributed by atoms with Crippen LogP contribution >= 0.6 is 0 Å². The fraction of sp³-hybridized carbons (Fsp3) is 0.588. The third kappa shape index (κ3) is 4.00. The fourth-order valence-corrected chi connectivity index (χ4v) is 2.74. The quantitative estimate of drug-likeness (QED) is 0.809. The van der Waals surface area contributed by atoms with Gasteiger partial charge in [0.2, 0.25) is 11.7 Å². The largest absolute Gasteiger partial charge is 0.474 e. The normalized spacial score (nSPS) is 11.6. The van der Waals surface area contributed by atoms with Crippen molar-refractivity contribution in [2.45, 2.75) is 65.4 Å². The van der Waals surface area contributed by atoms with Crippen LogP contribution in [0.3, 0.4) is 0 Å². The van der Waals surface area contributed by atoms with E-state index in [1.807, 2.05) is 20.0 Å². The van der Waals surface area contributed by atoms with Gasteiger partial charge in [0.1, 0.15) is 5.56 Å². The Morgan fingerprint density at radius 2 is 1.87 bits per heavy atom. The number of carbonyl (C=O) groups is 1. The third-order valence-corrected chi connectivity index (χ3v) is 3.74. The monoisotopic (exact) mass is 318 g/mol. The summed E-state index contributed by atoms with van der Waals surface area (Å²) in [5.41, 5.74) is 6.74. The maximum atomic E-state index is 11.7. The van der Waals surface area contributed by atoms with E-state index in [0.717, 1.165) is 31.4 Å². The van der Waals surface area contributed by atoms with E-state index in [0.29, 0.717) is 11.7 Å². The standard InChI is InChI=1S/C17H26N4O2/c1-5-7-12(8-6-2)14-10-21-9-13(15(18)22)16(23-11(3)4)20-17(21)19-14/h9-12H,5-8H2,1-4H3,(H2,18,22). The Balaban J connectivity index is 2.47. The number of hydrogen-bond acceptors (Lipinski definition) is 4. The predicted molar refractivity (Wildman–Crippen MR) is 89.8 cm³/mol. The molecule has 0 aliphatic carbocycles. The minimum Gasteiger partial charge on any atom is -0.474 e. The van der Waals surface area contributed by atoms with E-state index >= 15 is 0 Å². The van der Waals surface area contributed by atoms with Gasteiger partial charge in [0.25, 0.3) is 5.91 Å². The van der Waals surface area contributed by atoms with Crippen molar-refractivity contribution >= 4 is 11.7 Å². The lowest BCUT2D eigenvalue weighted by Crippen LogP contribution is -2.17. The van der Waals surface area contributed by atoms with Crippen molar-refractivity contribution in [3.63, 3.8) is 0 Å². The van der Waals surface area contributed by atoms with Crippen molar-refractivity contribution in [3.05, 3.63) is 23.7 Å². The molecule has 0 fully saturated rings. The van der Waals surface area contributed by atoms with Gasteiger partial charge in [-0.15, -0.1) is 0 Å². The summed E-state index contributed by atoms with van der Waals surface area (Å²) in [4.78, 5) is 20.7. The van der Waals surface area contributed by atoms with Crippen LogP contribution in [0.4, 0.5) is 0 Å². The van der Waals surface area contributed by atoms with Crippen LogP contribution in [-0.2, 0) is 0 Å². The van der Waals surface area contributed by atoms with E-state index in [-0.39, 0.29) is 17.5 Å². The van der Waals surface area contributed by atoms with E-state index in [9.17, 15) is 4.79 Å². The lowest BCUT2D eigenvalue weighted by molar-refractivity contribution is 0.0993. The Bertz CT molecular complexity index is 673. The highest BCUT2D eigenvalue weighted by atomic mass is 16.5. The molecule has 6 heteroatoms. The SMILES string of the molecule is CCCC(CCC)c1cn2cc(C(N)=O)c(OC(C)C)nc2n1. The number of fused-ring (bicyclic) bond motifs is 1. The van der Waals surface area contributed by atoms with Gasteiger partial charge in [0.05, 0.1) is 11.8 Å². The molecule has 0 saturated carbocycles. The number of carbonyl (C=O) groups excluding carboxylic acids is 1. The zero-order valence-corrected chi connectivity index (χ0v) is 14.4. The van der Waals surface area contributed by atoms with Crippen LogP contribution in [0, 0.1) is 0 Å². The van der Waals surface area contributed by atoms with Crippen molar-refractivity contribution in [2.24, 2.45) is 5.73 Å². The first-order chi connectivity index (χ1) is 11.0. The molecule has 2 rings (SSSR count). The number of rotatable bonds is 8. The third-order valence-electron chi connectivity index (χ3n) is 3.74. The van der Waals surface area contributed by atoms with Gasteiger partial charge in [-0.3, -0.25) is 9.20 Å². The molecule has 0 aromatic carbocycles. The molecule has 0 bridgehead atoms. The Hall–Kier alpha value is -2.11. The first kappa shape index (κ1) is 17.2. The number of aromatic nitrogens is 3. The summed E-state index contributed by atoms with van der Waals surface area (Å²) >= 11 is 0. The Morgan fingerprint density at radius 1 is 1.22 bits per heavy atom. The summed E-state index contributed by atoms with van der Waals surface area (Å²) in [7, 11) is 0. The molecule has 1 amide bonds. The highest BCUT2D eigenvalue weighted by Crippen LogP contribution is 2.27. The van der Waals surface area contributed by atoms with Gasteiger partial charge < -0.3 is 10.5 Å². The molecule has 0 spiro atoms. The Kier molecular flexibility index (Phi) is 5.58. The maximum Gasteiger partial charge on any atom is 0.255 e. The molecule has 0 saturated heterocycles. The minimum absolute atomic E-state index is 0.0922. The second-order valence-electron chi connectivity index (χ2n) is 6.14. The number of amides is 1. The first-order valence-electron chi connectivity index (χ1n) is 8.32. The van der Waals surface area contributed by atoms with Crippen molar-refractivity contribution in [1.82, 2.24) is 14.4 Å². The zero-order valence-electron chi connectivity index (χ0n) is 14.4. The maximum absolute atomic E-state index is 11.7. The van der Waals surface area contributed by atoms with E-state index in [1.165, 1.54) is 0 Å². The molecule has 2 aromatic heterocycles. The Morgan fingerprint density at radius 3 is 2.39 bits per heavy atom. The van der Waals surface area contributed by atoms with Gasteiger partial charge in [-0.25, -0.2) is 4.98 Å². The average Bonchev–Trinajstić information content (AvgIpc) is 2.88. The topological polar surface area (TPSA) is 82.5 Å². The van der Waals surface area contributed by atoms with Crippen molar-refractivity contribution < 1.29 is 9.53 Å². The van der Waals surface area contributed by atoms with Crippen molar-refractivity contribution in [3.8, 4) is 5.88 Å². The molecule has 0 unspecified atom stereocenters. The molecular weight excluding hydrogens is 292 g/mol. The average molecular weight is 318 g/mol. The van der Waals surface area contributed by atoms with Crippen molar-refractivity contribution in [1.29, 1.82) is 0 Å². The lowest BCUT2D eigenvalue weighted by atomic mass is 9.95. The predicted octanol–water partition coefficient (Wildman–Crippen LogP) is 3.30. The highest BCUT2D eigenvalue weighted by molar-refractivity contribution is 5.95. The van der Waals surface area contributed by atoms with Gasteiger partial charge in [0, 0.05) is 18.3 Å². The van der Waals surface area contributed by atoms with E-state index in [4.69, 9.17) is 10.5 Å². The summed E-state index contributed by atoms with van der Waals surface area (Å²) in [5, 5.41) is 0. The molecular formula is C17H26N4O2. The van der Waals surface area contributed by atoms with Crippen LogP contribution in [0.5, 0.6) is 5.88 Å². The van der Waals surface area contributed by atoms with Crippen LogP contribution in [-0.4, -0.2) is 26.4 Å². The highest BCUT2D eigenvalue weighted by Gasteiger charge is 2.19. The molecule has 23 heavy (non-hydrogen) atoms. The van der Waals surface area contributed by atoms with Gasteiger partial charge in [-0.2, -0.15) is 4.98 Å². The van der Waals surface area contributed by atoms with E-state index in [2.05, 4.69) is 23.8 Å². The van der Waals surface area contributed by atoms with Gasteiger partial charge in [-0.1, -0.05) is 26.7 Å². The number of ether oxygens (including phenoxy) is 1. The number of nitrogens with zero attached hydrogens (tertiary/aromatic N) is 3. The summed E-state index contributed by atoms with van der Waals surface area (Å²) in [5.74, 6) is 0.653. The molecule has 2 heterocycles. The summed E-state index contributed by atoms with van der Waals surface area (Å²) in [6.07, 6.45) is 7.93. The molecule has 0 atom stereocenters. The number of imidazole rings is 1. The zero-order chi connectivity index (χ0) is 17.0. The summed E-state index contributed by atoms with van der Waals surface area (Å²) in [6, 6.07) is 0. The minimum atomic E-state index is -0.552. The van der Waals surface area contributed by atoms with Crippen LogP contribution in [0.25, 0.3) is 5.78 Å². The number of nitrogens with two attached hydrogens (primary N) is 1. The lowest BCUT2D eigenvalue weighted by Gasteiger charge is -2.11. The smallest absolute Gasteiger partial charge is 0.255 e. The van der Waals surface area contributed by atoms with Crippen molar-refractivity contribution in [2.75, 3.05) is 0 Å². The molecule has 0 aliphatic rings. The second kappa shape index (κ2) is 7.44. The van der Waals surface area contributed by atoms with E-state index < -0.39 is 5.91 Å². The van der Waals surface area contributed by atoms with Gasteiger partial charge in [0.15, 0.2) is 0 Å². The van der Waals surface area contributed by atoms with Gasteiger partial charge in [-0.05, 0) is 26.7 Å². The molecule has 0 radical (unpaired) electrons. The van der Waals surface area contributed by atoms with Crippen LogP contribution in [0.1, 0.15) is 75.3 Å². The summed E-state index contributed by atoms with van der Waals surface area (Å²) in [6.45, 7) is 8.12. The van der Waals surface area contributed by atoms with Crippen LogP contribution < -0.4 is 10.5 Å². The Labute approximate surface area is 137 Å². The second-order valence-corrected chi connectivity index (χ2v) is 6.14. The molecule has 6 nitrogen and oxygen atoms in total. The van der Waals surface area contributed by atoms with E-state index in [1.54, 1.807) is 10.6 Å². The molecule has 2 N–H and O–H groups in total. The fourth-order valence-electron chi connectivity index (χ4n) is 2.74. The van der Waals surface area contributed by atoms with Crippen LogP contribution in [0.15, 0.2) is 12.4 Å². The summed E-state index contributed by atoms with van der Waals surface area (Å²) < 4.78 is 7.38. The van der Waals surface area contributed by atoms with Gasteiger partial charge >= 0.3 is 0 Å². The number of primary amides is 1.